The van der Waals surface area contributed by atoms with E-state index in [4.69, 9.17) is 4.42 Å². The summed E-state index contributed by atoms with van der Waals surface area (Å²) in [5.41, 5.74) is 2.63. The van der Waals surface area contributed by atoms with Gasteiger partial charge in [-0.05, 0) is 31.5 Å². The van der Waals surface area contributed by atoms with Crippen molar-refractivity contribution in [2.75, 3.05) is 19.6 Å². The van der Waals surface area contributed by atoms with Crippen molar-refractivity contribution in [3.8, 4) is 0 Å². The number of rotatable bonds is 5. The Labute approximate surface area is 124 Å². The van der Waals surface area contributed by atoms with E-state index >= 15 is 0 Å². The smallest absolute Gasteiger partial charge is 0.131 e. The maximum absolute atomic E-state index is 10.2. The molecule has 5 nitrogen and oxygen atoms in total. The van der Waals surface area contributed by atoms with Crippen LogP contribution in [-0.2, 0) is 6.54 Å². The summed E-state index contributed by atoms with van der Waals surface area (Å²) in [4.78, 5) is 2.28. The highest BCUT2D eigenvalue weighted by Crippen LogP contribution is 2.26. The van der Waals surface area contributed by atoms with Gasteiger partial charge in [-0.3, -0.25) is 9.58 Å². The molecule has 0 fully saturated rings. The first kappa shape index (κ1) is 14.1. The molecule has 0 aromatic carbocycles. The maximum Gasteiger partial charge on any atom is 0.131 e. The Morgan fingerprint density at radius 1 is 1.38 bits per heavy atom. The molecule has 1 N–H and O–H groups in total. The number of aliphatic hydroxyl groups is 1. The molecule has 3 rings (SSSR count). The van der Waals surface area contributed by atoms with Gasteiger partial charge in [-0.1, -0.05) is 5.57 Å². The number of hydrogen-bond donors (Lipinski definition) is 1. The van der Waals surface area contributed by atoms with Gasteiger partial charge in [-0.2, -0.15) is 5.10 Å². The summed E-state index contributed by atoms with van der Waals surface area (Å²) in [5, 5.41) is 14.3. The molecule has 0 aliphatic carbocycles. The summed E-state index contributed by atoms with van der Waals surface area (Å²) in [5.74, 6) is 0.943. The predicted octanol–water partition coefficient (Wildman–Crippen LogP) is 2.02. The molecule has 2 aromatic rings. The van der Waals surface area contributed by atoms with E-state index in [2.05, 4.69) is 16.9 Å². The molecular formula is C16H21N3O2. The second-order valence-electron chi connectivity index (χ2n) is 5.60. The summed E-state index contributed by atoms with van der Waals surface area (Å²) in [6, 6.07) is 5.79. The maximum atomic E-state index is 10.2. The lowest BCUT2D eigenvalue weighted by Crippen LogP contribution is -2.38. The monoisotopic (exact) mass is 287 g/mol. The highest BCUT2D eigenvalue weighted by atomic mass is 16.3. The van der Waals surface area contributed by atoms with Crippen LogP contribution in [0.4, 0.5) is 0 Å². The minimum Gasteiger partial charge on any atom is -0.465 e. The fraction of sp³-hybridized carbons (Fsp3) is 0.438. The third-order valence-corrected chi connectivity index (χ3v) is 3.94. The van der Waals surface area contributed by atoms with Crippen molar-refractivity contribution in [1.29, 1.82) is 0 Å². The molecule has 2 aromatic heterocycles. The molecule has 0 radical (unpaired) electrons. The molecule has 21 heavy (non-hydrogen) atoms. The Bertz CT molecular complexity index is 587. The average Bonchev–Trinajstić information content (AvgIpc) is 3.13. The zero-order chi connectivity index (χ0) is 14.7. The fourth-order valence-electron chi connectivity index (χ4n) is 2.79. The second-order valence-corrected chi connectivity index (χ2v) is 5.60. The first-order valence-corrected chi connectivity index (χ1v) is 7.32. The normalized spacial score (nSPS) is 18.2. The van der Waals surface area contributed by atoms with Gasteiger partial charge in [0, 0.05) is 37.6 Å². The van der Waals surface area contributed by atoms with E-state index in [1.165, 1.54) is 11.1 Å². The highest BCUT2D eigenvalue weighted by Gasteiger charge is 2.21. The first-order chi connectivity index (χ1) is 10.2. The van der Waals surface area contributed by atoms with Gasteiger partial charge < -0.3 is 9.52 Å². The van der Waals surface area contributed by atoms with Crippen LogP contribution in [0.5, 0.6) is 0 Å². The molecule has 1 aliphatic heterocycles. The quantitative estimate of drug-likeness (QED) is 0.914. The number of hydrogen-bond acceptors (Lipinski definition) is 4. The minimum atomic E-state index is -0.416. The fourth-order valence-corrected chi connectivity index (χ4v) is 2.79. The summed E-state index contributed by atoms with van der Waals surface area (Å²) in [7, 11) is 0. The Hall–Kier alpha value is -1.85. The van der Waals surface area contributed by atoms with Crippen LogP contribution in [-0.4, -0.2) is 45.5 Å². The van der Waals surface area contributed by atoms with E-state index in [0.29, 0.717) is 13.1 Å². The van der Waals surface area contributed by atoms with E-state index in [0.717, 1.165) is 25.3 Å². The van der Waals surface area contributed by atoms with Crippen molar-refractivity contribution in [2.45, 2.75) is 26.0 Å². The largest absolute Gasteiger partial charge is 0.465 e. The van der Waals surface area contributed by atoms with Gasteiger partial charge >= 0.3 is 0 Å². The minimum absolute atomic E-state index is 0.416. The van der Waals surface area contributed by atoms with Crippen molar-refractivity contribution in [3.05, 3.63) is 48.2 Å². The van der Waals surface area contributed by atoms with E-state index in [-0.39, 0.29) is 0 Å². The third-order valence-electron chi connectivity index (χ3n) is 3.94. The second kappa shape index (κ2) is 6.28. The van der Waals surface area contributed by atoms with Gasteiger partial charge in [0.15, 0.2) is 0 Å². The third kappa shape index (κ3) is 3.43. The van der Waals surface area contributed by atoms with E-state index in [1.807, 2.05) is 24.4 Å². The van der Waals surface area contributed by atoms with Crippen molar-refractivity contribution >= 4 is 5.57 Å². The van der Waals surface area contributed by atoms with Crippen LogP contribution in [0.3, 0.4) is 0 Å². The highest BCUT2D eigenvalue weighted by molar-refractivity contribution is 5.66. The number of nitrogens with zero attached hydrogens (tertiary/aromatic N) is 3. The Kier molecular flexibility index (Phi) is 4.22. The lowest BCUT2D eigenvalue weighted by molar-refractivity contribution is 0.0995. The molecule has 3 heterocycles. The number of aliphatic hydroxyl groups excluding tert-OH is 1. The number of β-amino-alcohol motifs (C(OH)–C–C–N with tert-alkyl or cyclic N) is 1. The van der Waals surface area contributed by atoms with E-state index in [9.17, 15) is 5.11 Å². The van der Waals surface area contributed by atoms with E-state index < -0.39 is 6.10 Å². The van der Waals surface area contributed by atoms with Gasteiger partial charge in [0.1, 0.15) is 5.76 Å². The van der Waals surface area contributed by atoms with Crippen LogP contribution in [0.1, 0.15) is 19.1 Å². The van der Waals surface area contributed by atoms with Gasteiger partial charge in [-0.25, -0.2) is 0 Å². The Morgan fingerprint density at radius 3 is 3.00 bits per heavy atom. The molecule has 0 amide bonds. The molecule has 1 atom stereocenters. The van der Waals surface area contributed by atoms with Gasteiger partial charge in [0.05, 0.1) is 18.9 Å². The van der Waals surface area contributed by atoms with Gasteiger partial charge in [0.2, 0.25) is 0 Å². The molecule has 1 aliphatic rings. The molecule has 0 saturated heterocycles. The Morgan fingerprint density at radius 2 is 2.29 bits per heavy atom. The molecule has 5 heteroatoms. The van der Waals surface area contributed by atoms with Crippen LogP contribution < -0.4 is 0 Å². The molecule has 112 valence electrons. The van der Waals surface area contributed by atoms with Crippen LogP contribution in [0, 0.1) is 0 Å². The van der Waals surface area contributed by atoms with Gasteiger partial charge in [-0.15, -0.1) is 0 Å². The summed E-state index contributed by atoms with van der Waals surface area (Å²) in [6.45, 7) is 5.15. The van der Waals surface area contributed by atoms with Crippen LogP contribution in [0.2, 0.25) is 0 Å². The first-order valence-electron chi connectivity index (χ1n) is 7.32. The standard InChI is InChI=1S/C16H21N3O2/c1-13-5-8-18(12-15(13)16-4-2-9-21-16)10-14(20)11-19-7-3-6-17-19/h2-4,6-7,9,14,20H,5,8,10-12H2,1H3. The van der Waals surface area contributed by atoms with Crippen molar-refractivity contribution in [2.24, 2.45) is 0 Å². The molecule has 0 spiro atoms. The Balaban J connectivity index is 1.60. The summed E-state index contributed by atoms with van der Waals surface area (Å²) < 4.78 is 7.29. The molecule has 0 saturated carbocycles. The van der Waals surface area contributed by atoms with Gasteiger partial charge in [0.25, 0.3) is 0 Å². The topological polar surface area (TPSA) is 54.4 Å². The summed E-state index contributed by atoms with van der Waals surface area (Å²) >= 11 is 0. The number of aromatic nitrogens is 2. The van der Waals surface area contributed by atoms with Crippen LogP contribution in [0.15, 0.2) is 46.8 Å². The lowest BCUT2D eigenvalue weighted by atomic mass is 9.99. The molecular weight excluding hydrogens is 266 g/mol. The predicted molar refractivity (Wildman–Crippen MR) is 80.6 cm³/mol. The molecule has 1 unspecified atom stereocenters. The SMILES string of the molecule is CC1=C(c2ccco2)CN(CC(O)Cn2cccn2)CC1. The molecule has 0 bridgehead atoms. The number of furan rings is 1. The van der Waals surface area contributed by atoms with E-state index in [1.54, 1.807) is 17.1 Å². The average molecular weight is 287 g/mol. The zero-order valence-electron chi connectivity index (χ0n) is 12.3. The van der Waals surface area contributed by atoms with Crippen LogP contribution >= 0.6 is 0 Å². The zero-order valence-corrected chi connectivity index (χ0v) is 12.3. The summed E-state index contributed by atoms with van der Waals surface area (Å²) in [6.07, 6.45) is 5.92. The van der Waals surface area contributed by atoms with Crippen molar-refractivity contribution in [3.63, 3.8) is 0 Å². The van der Waals surface area contributed by atoms with Crippen LogP contribution in [0.25, 0.3) is 5.57 Å². The van der Waals surface area contributed by atoms with Crippen molar-refractivity contribution < 1.29 is 9.52 Å². The lowest BCUT2D eigenvalue weighted by Gasteiger charge is -2.30. The van der Waals surface area contributed by atoms with Crippen molar-refractivity contribution in [1.82, 2.24) is 14.7 Å².